The van der Waals surface area contributed by atoms with E-state index in [2.05, 4.69) is 28.1 Å². The molecule has 0 spiro atoms. The van der Waals surface area contributed by atoms with Gasteiger partial charge in [-0.1, -0.05) is 18.1 Å². The Morgan fingerprint density at radius 1 is 0.877 bits per heavy atom. The van der Waals surface area contributed by atoms with E-state index in [9.17, 15) is 14.4 Å². The summed E-state index contributed by atoms with van der Waals surface area (Å²) in [5, 5.41) is 10.8. The van der Waals surface area contributed by atoms with Crippen molar-refractivity contribution in [2.45, 2.75) is 59.5 Å². The van der Waals surface area contributed by atoms with E-state index in [1.54, 1.807) is 77.9 Å². The topological polar surface area (TPSA) is 164 Å². The monoisotopic (exact) mass is 870 g/mol. The van der Waals surface area contributed by atoms with Crippen LogP contribution in [0.1, 0.15) is 63.3 Å². The van der Waals surface area contributed by atoms with Crippen LogP contribution in [0.2, 0.25) is 0 Å². The van der Waals surface area contributed by atoms with Crippen LogP contribution in [-0.2, 0) is 25.6 Å². The van der Waals surface area contributed by atoms with Gasteiger partial charge in [-0.15, -0.1) is 0 Å². The molecule has 7 heterocycles. The van der Waals surface area contributed by atoms with Crippen LogP contribution in [0.4, 0.5) is 4.39 Å². The number of H-pyrrole nitrogens is 1. The highest BCUT2D eigenvalue weighted by molar-refractivity contribution is 6.00. The fourth-order valence-corrected chi connectivity index (χ4v) is 9.92. The van der Waals surface area contributed by atoms with Gasteiger partial charge in [0.1, 0.15) is 22.9 Å². The highest BCUT2D eigenvalue weighted by Crippen LogP contribution is 2.56. The Morgan fingerprint density at radius 3 is 2.37 bits per heavy atom. The van der Waals surface area contributed by atoms with E-state index in [1.165, 1.54) is 15.2 Å². The zero-order valence-electron chi connectivity index (χ0n) is 36.5. The molecule has 0 radical (unpaired) electrons. The molecule has 16 heteroatoms. The van der Waals surface area contributed by atoms with Crippen molar-refractivity contribution in [1.29, 1.82) is 0 Å². The summed E-state index contributed by atoms with van der Waals surface area (Å²) in [5.41, 5.74) is 7.92. The summed E-state index contributed by atoms with van der Waals surface area (Å²) in [6.07, 6.45) is 6.12. The molecule has 1 saturated carbocycles. The molecule has 0 unspecified atom stereocenters. The number of benzene rings is 3. The second kappa shape index (κ2) is 14.3. The number of halogens is 1. The van der Waals surface area contributed by atoms with E-state index in [-0.39, 0.29) is 35.4 Å². The second-order valence-electron chi connectivity index (χ2n) is 17.5. The van der Waals surface area contributed by atoms with Crippen LogP contribution in [0.25, 0.3) is 50.1 Å². The number of nitrogens with zero attached hydrogens (tertiary/aromatic N) is 9. The third kappa shape index (κ3) is 6.03. The molecule has 1 aliphatic heterocycles. The quantitative estimate of drug-likeness (QED) is 0.185. The van der Waals surface area contributed by atoms with Crippen LogP contribution in [0.5, 0.6) is 0 Å². The number of fused-ring (bicyclic) bond motifs is 3. The summed E-state index contributed by atoms with van der Waals surface area (Å²) in [5.74, 6) is -0.482. The molecule has 0 bridgehead atoms. The molecule has 1 amide bonds. The summed E-state index contributed by atoms with van der Waals surface area (Å²) < 4.78 is 28.4. The average Bonchev–Trinajstić information content (AvgIpc) is 3.78. The maximum atomic E-state index is 15.3. The van der Waals surface area contributed by atoms with Crippen molar-refractivity contribution in [3.8, 4) is 28.3 Å². The highest BCUT2D eigenvalue weighted by Gasteiger charge is 2.59. The molecule has 15 nitrogen and oxygen atoms in total. The third-order valence-electron chi connectivity index (χ3n) is 13.7. The predicted octanol–water partition coefficient (Wildman–Crippen LogP) is 6.71. The lowest BCUT2D eigenvalue weighted by molar-refractivity contribution is 0.0721. The van der Waals surface area contributed by atoms with Crippen molar-refractivity contribution in [3.05, 3.63) is 174 Å². The van der Waals surface area contributed by atoms with Crippen molar-refractivity contribution >= 4 is 27.7 Å². The van der Waals surface area contributed by atoms with Gasteiger partial charge in [-0.2, -0.15) is 5.10 Å². The number of amides is 1. The number of aromatic amines is 1. The first-order valence-electron chi connectivity index (χ1n) is 21.5. The molecule has 1 aliphatic carbocycles. The Kier molecular flexibility index (Phi) is 8.80. The van der Waals surface area contributed by atoms with E-state index in [1.807, 2.05) is 54.8 Å². The fraction of sp³-hybridized carbons (Fsp3) is 0.245. The first kappa shape index (κ1) is 39.9. The number of rotatable bonds is 7. The van der Waals surface area contributed by atoms with Crippen molar-refractivity contribution in [2.75, 3.05) is 6.54 Å². The SMILES string of the molecule is Cc1cc(-n2nc3c(c2-n2ccn(-c4ccc5c(ccc(=O)n5C)c4)c2=O)CN(C(=O)c2cc4cc(-c5ccnc(C)c5C)ccc4n2[C@@]2(c4noc(=O)[nH]4)C[C@@H]2C)CC3)cc(C)c1F. The van der Waals surface area contributed by atoms with Crippen LogP contribution < -0.4 is 17.0 Å². The smallest absolute Gasteiger partial charge is 0.332 e. The van der Waals surface area contributed by atoms with Gasteiger partial charge in [0, 0.05) is 72.2 Å². The van der Waals surface area contributed by atoms with Gasteiger partial charge < -0.3 is 14.0 Å². The number of hydrogen-bond donors (Lipinski definition) is 1. The number of carbonyl (C=O) groups excluding carboxylic acids is 1. The first-order valence-corrected chi connectivity index (χ1v) is 21.5. The third-order valence-corrected chi connectivity index (χ3v) is 13.7. The minimum atomic E-state index is -0.855. The highest BCUT2D eigenvalue weighted by atomic mass is 19.1. The minimum absolute atomic E-state index is 0.000959. The summed E-state index contributed by atoms with van der Waals surface area (Å²) in [6, 6.07) is 22.1. The van der Waals surface area contributed by atoms with Gasteiger partial charge in [0.15, 0.2) is 5.82 Å². The molecule has 9 aromatic rings. The van der Waals surface area contributed by atoms with Gasteiger partial charge in [-0.25, -0.2) is 18.7 Å². The predicted molar refractivity (Wildman–Crippen MR) is 242 cm³/mol. The number of carbonyl (C=O) groups is 1. The normalized spacial score (nSPS) is 17.0. The minimum Gasteiger partial charge on any atom is -0.332 e. The molecular weight excluding hydrogens is 828 g/mol. The van der Waals surface area contributed by atoms with Crippen LogP contribution >= 0.6 is 0 Å². The van der Waals surface area contributed by atoms with Gasteiger partial charge in [0.05, 0.1) is 29.1 Å². The molecule has 3 aromatic carbocycles. The number of hydrogen-bond acceptors (Lipinski definition) is 8. The number of nitrogens with one attached hydrogen (secondary N) is 1. The Hall–Kier alpha value is -7.88. The van der Waals surface area contributed by atoms with Gasteiger partial charge >= 0.3 is 11.4 Å². The van der Waals surface area contributed by atoms with E-state index < -0.39 is 11.3 Å². The van der Waals surface area contributed by atoms with Gasteiger partial charge in [-0.3, -0.25) is 33.2 Å². The Bertz CT molecular complexity index is 3650. The largest absolute Gasteiger partial charge is 0.438 e. The molecule has 2 aliphatic rings. The summed E-state index contributed by atoms with van der Waals surface area (Å²) in [4.78, 5) is 63.8. The van der Waals surface area contributed by atoms with Crippen LogP contribution in [-0.4, -0.2) is 60.5 Å². The molecule has 65 heavy (non-hydrogen) atoms. The fourth-order valence-electron chi connectivity index (χ4n) is 9.92. The Labute approximate surface area is 369 Å². The zero-order chi connectivity index (χ0) is 45.2. The van der Waals surface area contributed by atoms with Crippen molar-refractivity contribution in [1.82, 2.24) is 48.1 Å². The number of aromatic nitrogens is 9. The number of pyridine rings is 2. The van der Waals surface area contributed by atoms with Crippen LogP contribution in [0, 0.1) is 39.4 Å². The zero-order valence-corrected chi connectivity index (χ0v) is 36.5. The molecule has 326 valence electrons. The number of imidazole rings is 1. The molecule has 1 N–H and O–H groups in total. The molecular formula is C49H43FN10O5. The molecule has 0 saturated heterocycles. The molecule has 2 atom stereocenters. The van der Waals surface area contributed by atoms with E-state index in [4.69, 9.17) is 9.62 Å². The van der Waals surface area contributed by atoms with Gasteiger partial charge in [0.2, 0.25) is 0 Å². The maximum Gasteiger partial charge on any atom is 0.438 e. The standard InChI is InChI=1S/C49H43FN10O5/c1-26-19-35(20-27(2)43(26)50)60-44(58-18-17-57(48(58)64)34-9-11-39-32(22-34)8-12-42(61)55(39)6)37-25-56(16-14-38(37)53-60)45(62)41-23-33-21-31(36-13-15-51-30(5)29(36)4)7-10-40(33)59(41)49(24-28(49)3)46-52-47(63)65-54-46/h7-13,15,17-23,28H,14,16,24-25H2,1-6H3,(H,52,54,63)/t28-,49-/m0/s1. The Morgan fingerprint density at radius 2 is 1.63 bits per heavy atom. The van der Waals surface area contributed by atoms with E-state index >= 15 is 9.18 Å². The molecule has 1 fully saturated rings. The van der Waals surface area contributed by atoms with E-state index in [0.717, 1.165) is 44.2 Å². The lowest BCUT2D eigenvalue weighted by Crippen LogP contribution is -2.39. The summed E-state index contributed by atoms with van der Waals surface area (Å²) in [7, 11) is 1.70. The van der Waals surface area contributed by atoms with Crippen molar-refractivity contribution < 1.29 is 13.7 Å². The average molecular weight is 871 g/mol. The summed E-state index contributed by atoms with van der Waals surface area (Å²) >= 11 is 0. The van der Waals surface area contributed by atoms with Crippen LogP contribution in [0.15, 0.2) is 110 Å². The van der Waals surface area contributed by atoms with Crippen LogP contribution in [0.3, 0.4) is 0 Å². The number of aryl methyl sites for hydroxylation is 4. The first-order chi connectivity index (χ1) is 31.2. The lowest BCUT2D eigenvalue weighted by atomic mass is 9.99. The molecule has 6 aromatic heterocycles. The maximum absolute atomic E-state index is 15.3. The van der Waals surface area contributed by atoms with Crippen molar-refractivity contribution in [3.63, 3.8) is 0 Å². The molecule has 11 rings (SSSR count). The lowest BCUT2D eigenvalue weighted by Gasteiger charge is -2.29. The Balaban J connectivity index is 1.05. The van der Waals surface area contributed by atoms with E-state index in [0.29, 0.717) is 70.5 Å². The van der Waals surface area contributed by atoms with Gasteiger partial charge in [-0.05, 0) is 129 Å². The van der Waals surface area contributed by atoms with Crippen molar-refractivity contribution in [2.24, 2.45) is 13.0 Å². The van der Waals surface area contributed by atoms with Gasteiger partial charge in [0.25, 0.3) is 11.5 Å². The summed E-state index contributed by atoms with van der Waals surface area (Å²) in [6.45, 7) is 9.89. The second-order valence-corrected chi connectivity index (χ2v) is 17.5.